The molecule has 1 heterocycles. The Labute approximate surface area is 165 Å². The minimum Gasteiger partial charge on any atom is -0.340 e. The van der Waals surface area contributed by atoms with Gasteiger partial charge in [-0.3, -0.25) is 4.79 Å². The number of piperazine rings is 1. The van der Waals surface area contributed by atoms with Crippen molar-refractivity contribution in [1.29, 1.82) is 0 Å². The lowest BCUT2D eigenvalue weighted by Gasteiger charge is -2.33. The number of hydrogen-bond donors (Lipinski definition) is 0. The Kier molecular flexibility index (Phi) is 6.59. The van der Waals surface area contributed by atoms with Crippen LogP contribution in [0.5, 0.6) is 0 Å². The first-order chi connectivity index (χ1) is 13.4. The first kappa shape index (κ1) is 20.2. The molecule has 1 amide bonds. The van der Waals surface area contributed by atoms with Gasteiger partial charge in [0.05, 0.1) is 0 Å². The molecule has 0 unspecified atom stereocenters. The van der Waals surface area contributed by atoms with E-state index in [1.807, 2.05) is 30.3 Å². The van der Waals surface area contributed by atoms with Gasteiger partial charge in [-0.05, 0) is 35.8 Å². The van der Waals surface area contributed by atoms with Crippen LogP contribution in [0.15, 0.2) is 60.0 Å². The van der Waals surface area contributed by atoms with Gasteiger partial charge in [-0.15, -0.1) is 0 Å². The fourth-order valence-electron chi connectivity index (χ4n) is 3.07. The number of amides is 1. The van der Waals surface area contributed by atoms with Gasteiger partial charge in [0.25, 0.3) is 0 Å². The summed E-state index contributed by atoms with van der Waals surface area (Å²) in [5, 5.41) is 1.22. The zero-order valence-corrected chi connectivity index (χ0v) is 16.3. The Morgan fingerprint density at radius 1 is 0.964 bits per heavy atom. The molecule has 1 aliphatic heterocycles. The number of aryl methyl sites for hydroxylation is 1. The van der Waals surface area contributed by atoms with E-state index in [1.54, 1.807) is 23.1 Å². The van der Waals surface area contributed by atoms with Crippen LogP contribution in [0.2, 0.25) is 0 Å². The molecule has 0 aliphatic carbocycles. The smallest absolute Gasteiger partial charge is 0.236 e. The number of carbonyl (C=O) groups excluding carboxylic acids is 1. The molecule has 1 fully saturated rings. The topological polar surface area (TPSA) is 57.7 Å². The summed E-state index contributed by atoms with van der Waals surface area (Å²) in [7, 11) is -3.51. The minimum absolute atomic E-state index is 0.0128. The lowest BCUT2D eigenvalue weighted by molar-refractivity contribution is -0.132. The Bertz CT molecular complexity index is 920. The average molecular weight is 402 g/mol. The monoisotopic (exact) mass is 402 g/mol. The maximum atomic E-state index is 12.9. The quantitative estimate of drug-likeness (QED) is 0.747. The lowest BCUT2D eigenvalue weighted by atomic mass is 10.1. The average Bonchev–Trinajstić information content (AvgIpc) is 2.72. The summed E-state index contributed by atoms with van der Waals surface area (Å²) in [6.07, 6.45) is 2.44. The molecule has 3 rings (SSSR count). The highest BCUT2D eigenvalue weighted by Crippen LogP contribution is 2.13. The second-order valence-corrected chi connectivity index (χ2v) is 8.48. The minimum atomic E-state index is -3.51. The van der Waals surface area contributed by atoms with Gasteiger partial charge < -0.3 is 4.90 Å². The highest BCUT2D eigenvalue weighted by Gasteiger charge is 2.27. The van der Waals surface area contributed by atoms with Crippen molar-refractivity contribution in [3.63, 3.8) is 0 Å². The molecular weight excluding hydrogens is 379 g/mol. The van der Waals surface area contributed by atoms with Crippen LogP contribution in [-0.4, -0.2) is 49.7 Å². The Hall–Kier alpha value is -2.51. The fourth-order valence-corrected chi connectivity index (χ4v) is 4.24. The van der Waals surface area contributed by atoms with Gasteiger partial charge in [0.2, 0.25) is 15.9 Å². The highest BCUT2D eigenvalue weighted by molar-refractivity contribution is 7.92. The molecule has 1 saturated heterocycles. The number of sulfonamides is 1. The largest absolute Gasteiger partial charge is 0.340 e. The number of rotatable bonds is 6. The molecule has 2 aromatic rings. The summed E-state index contributed by atoms with van der Waals surface area (Å²) in [5.74, 6) is -0.310. The van der Waals surface area contributed by atoms with Crippen molar-refractivity contribution in [2.45, 2.75) is 12.8 Å². The third kappa shape index (κ3) is 5.50. The van der Waals surface area contributed by atoms with E-state index in [4.69, 9.17) is 0 Å². The van der Waals surface area contributed by atoms with Gasteiger partial charge in [-0.2, -0.15) is 4.31 Å². The molecule has 5 nitrogen and oxygen atoms in total. The van der Waals surface area contributed by atoms with Crippen molar-refractivity contribution in [2.75, 3.05) is 26.2 Å². The summed E-state index contributed by atoms with van der Waals surface area (Å²) in [4.78, 5) is 14.1. The molecule has 0 atom stereocenters. The number of nitrogens with zero attached hydrogens (tertiary/aromatic N) is 2. The Morgan fingerprint density at radius 2 is 1.61 bits per heavy atom. The van der Waals surface area contributed by atoms with Crippen molar-refractivity contribution in [1.82, 2.24) is 9.21 Å². The summed E-state index contributed by atoms with van der Waals surface area (Å²) in [6, 6.07) is 15.4. The second-order valence-electron chi connectivity index (χ2n) is 6.66. The van der Waals surface area contributed by atoms with E-state index in [0.29, 0.717) is 25.9 Å². The van der Waals surface area contributed by atoms with E-state index >= 15 is 0 Å². The molecule has 0 N–H and O–H groups in total. The van der Waals surface area contributed by atoms with Crippen molar-refractivity contribution in [2.24, 2.45) is 0 Å². The molecule has 0 radical (unpaired) electrons. The van der Waals surface area contributed by atoms with Gasteiger partial charge in [0.1, 0.15) is 5.82 Å². The van der Waals surface area contributed by atoms with Crippen LogP contribution >= 0.6 is 0 Å². The van der Waals surface area contributed by atoms with Crippen molar-refractivity contribution in [3.05, 3.63) is 76.9 Å². The van der Waals surface area contributed by atoms with Crippen LogP contribution in [0.1, 0.15) is 17.5 Å². The third-order valence-corrected chi connectivity index (χ3v) is 6.29. The van der Waals surface area contributed by atoms with Crippen LogP contribution in [0.3, 0.4) is 0 Å². The maximum absolute atomic E-state index is 12.9. The number of carbonyl (C=O) groups is 1. The molecule has 148 valence electrons. The molecule has 0 bridgehead atoms. The first-order valence-corrected chi connectivity index (χ1v) is 10.7. The van der Waals surface area contributed by atoms with E-state index in [1.165, 1.54) is 21.8 Å². The molecule has 0 saturated carbocycles. The van der Waals surface area contributed by atoms with Gasteiger partial charge in [-0.25, -0.2) is 12.8 Å². The first-order valence-electron chi connectivity index (χ1n) is 9.19. The summed E-state index contributed by atoms with van der Waals surface area (Å²) in [5.41, 5.74) is 1.72. The summed E-state index contributed by atoms with van der Waals surface area (Å²) >= 11 is 0. The predicted octanol–water partition coefficient (Wildman–Crippen LogP) is 2.90. The molecule has 1 aliphatic rings. The van der Waals surface area contributed by atoms with Crippen LogP contribution < -0.4 is 0 Å². The number of halogens is 1. The van der Waals surface area contributed by atoms with Gasteiger partial charge in [0, 0.05) is 38.0 Å². The molecule has 7 heteroatoms. The van der Waals surface area contributed by atoms with E-state index in [2.05, 4.69) is 0 Å². The van der Waals surface area contributed by atoms with Crippen LogP contribution in [0.25, 0.3) is 6.08 Å². The van der Waals surface area contributed by atoms with E-state index < -0.39 is 10.0 Å². The van der Waals surface area contributed by atoms with Crippen molar-refractivity contribution < 1.29 is 17.6 Å². The standard InChI is InChI=1S/C21H23FN2O3S/c22-20-9-6-19(7-10-20)8-11-21(25)23-13-15-24(16-14-23)28(26,27)17-12-18-4-2-1-3-5-18/h1-7,9-10,12,17H,8,11,13-16H2. The van der Waals surface area contributed by atoms with Gasteiger partial charge in [-0.1, -0.05) is 42.5 Å². The SMILES string of the molecule is O=C(CCc1ccc(F)cc1)N1CCN(S(=O)(=O)C=Cc2ccccc2)CC1. The zero-order chi connectivity index (χ0) is 20.0. The van der Waals surface area contributed by atoms with E-state index in [-0.39, 0.29) is 24.8 Å². The predicted molar refractivity (Wildman–Crippen MR) is 107 cm³/mol. The van der Waals surface area contributed by atoms with Gasteiger partial charge in [0.15, 0.2) is 0 Å². The van der Waals surface area contributed by atoms with E-state index in [0.717, 1.165) is 11.1 Å². The molecular formula is C21H23FN2O3S. The summed E-state index contributed by atoms with van der Waals surface area (Å²) in [6.45, 7) is 1.31. The number of hydrogen-bond acceptors (Lipinski definition) is 3. The molecule has 0 spiro atoms. The van der Waals surface area contributed by atoms with Crippen LogP contribution in [0, 0.1) is 5.82 Å². The van der Waals surface area contributed by atoms with Crippen LogP contribution in [-0.2, 0) is 21.2 Å². The second kappa shape index (κ2) is 9.12. The normalized spacial score (nSPS) is 15.8. The Balaban J connectivity index is 1.49. The van der Waals surface area contributed by atoms with Crippen molar-refractivity contribution >= 4 is 22.0 Å². The number of benzene rings is 2. The fraction of sp³-hybridized carbons (Fsp3) is 0.286. The zero-order valence-electron chi connectivity index (χ0n) is 15.5. The maximum Gasteiger partial charge on any atom is 0.236 e. The third-order valence-electron chi connectivity index (χ3n) is 4.72. The molecule has 28 heavy (non-hydrogen) atoms. The van der Waals surface area contributed by atoms with Gasteiger partial charge >= 0.3 is 0 Å². The summed E-state index contributed by atoms with van der Waals surface area (Å²) < 4.78 is 39.3. The van der Waals surface area contributed by atoms with Crippen molar-refractivity contribution in [3.8, 4) is 0 Å². The highest BCUT2D eigenvalue weighted by atomic mass is 32.2. The lowest BCUT2D eigenvalue weighted by Crippen LogP contribution is -2.50. The molecule has 2 aromatic carbocycles. The Morgan fingerprint density at radius 3 is 2.25 bits per heavy atom. The van der Waals surface area contributed by atoms with E-state index in [9.17, 15) is 17.6 Å². The molecule has 0 aromatic heterocycles. The van der Waals surface area contributed by atoms with Crippen LogP contribution in [0.4, 0.5) is 4.39 Å².